The average molecular weight is 435 g/mol. The Balaban J connectivity index is 1.53. The number of nitrogens with zero attached hydrogens (tertiary/aromatic N) is 3. The summed E-state index contributed by atoms with van der Waals surface area (Å²) in [6.45, 7) is 8.51. The lowest BCUT2D eigenvalue weighted by molar-refractivity contribution is -0.129. The number of rotatable bonds is 9. The number of piperazine rings is 1. The molecule has 0 saturated carbocycles. The summed E-state index contributed by atoms with van der Waals surface area (Å²) in [5.41, 5.74) is 1.78. The number of likely N-dealkylation sites (N-methyl/N-ethyl adjacent to an activating group) is 1. The molecule has 1 amide bonds. The van der Waals surface area contributed by atoms with Crippen molar-refractivity contribution in [2.24, 2.45) is 5.92 Å². The number of nitrogens with one attached hydrogen (secondary N) is 1. The largest absolute Gasteiger partial charge is 0.479 e. The fourth-order valence-corrected chi connectivity index (χ4v) is 4.10. The number of carbonyl (C=O) groups is 1. The quantitative estimate of drug-likeness (QED) is 0.612. The van der Waals surface area contributed by atoms with Crippen LogP contribution in [0.15, 0.2) is 54.6 Å². The first-order chi connectivity index (χ1) is 15.5. The minimum absolute atomic E-state index is 0.0122. The highest BCUT2D eigenvalue weighted by atomic mass is 16.5. The van der Waals surface area contributed by atoms with Gasteiger partial charge in [0.1, 0.15) is 11.8 Å². The molecule has 0 aromatic heterocycles. The molecule has 1 N–H and O–H groups in total. The molecule has 32 heavy (non-hydrogen) atoms. The van der Waals surface area contributed by atoms with Gasteiger partial charge in [-0.2, -0.15) is 5.26 Å². The number of hydrogen-bond acceptors (Lipinski definition) is 5. The number of hydrogen-bond donors (Lipinski definition) is 1. The van der Waals surface area contributed by atoms with Crippen LogP contribution >= 0.6 is 0 Å². The zero-order chi connectivity index (χ0) is 22.9. The topological polar surface area (TPSA) is 68.6 Å². The number of para-hydroxylation sites is 1. The van der Waals surface area contributed by atoms with E-state index in [0.717, 1.165) is 32.6 Å². The van der Waals surface area contributed by atoms with E-state index in [4.69, 9.17) is 4.74 Å². The molecule has 2 atom stereocenters. The highest BCUT2D eigenvalue weighted by Gasteiger charge is 2.27. The molecule has 1 aliphatic rings. The van der Waals surface area contributed by atoms with Crippen molar-refractivity contribution in [2.45, 2.75) is 32.4 Å². The van der Waals surface area contributed by atoms with Gasteiger partial charge in [-0.15, -0.1) is 0 Å². The summed E-state index contributed by atoms with van der Waals surface area (Å²) in [6, 6.07) is 20.2. The molecule has 6 heteroatoms. The van der Waals surface area contributed by atoms with Gasteiger partial charge in [-0.25, -0.2) is 0 Å². The summed E-state index contributed by atoms with van der Waals surface area (Å²) in [5, 5.41) is 12.3. The Morgan fingerprint density at radius 2 is 1.88 bits per heavy atom. The first kappa shape index (κ1) is 23.8. The summed E-state index contributed by atoms with van der Waals surface area (Å²) in [6.07, 6.45) is 0.239. The molecule has 170 valence electrons. The minimum atomic E-state index is -0.634. The molecule has 2 aromatic carbocycles. The Hall–Kier alpha value is -2.88. The first-order valence-corrected chi connectivity index (χ1v) is 11.4. The van der Waals surface area contributed by atoms with Crippen molar-refractivity contribution in [3.8, 4) is 11.8 Å². The molecule has 6 nitrogen and oxygen atoms in total. The van der Waals surface area contributed by atoms with Crippen molar-refractivity contribution in [2.75, 3.05) is 39.8 Å². The third kappa shape index (κ3) is 6.32. The van der Waals surface area contributed by atoms with Crippen LogP contribution in [0.3, 0.4) is 0 Å². The van der Waals surface area contributed by atoms with Gasteiger partial charge in [0.2, 0.25) is 0 Å². The highest BCUT2D eigenvalue weighted by Crippen LogP contribution is 2.25. The fourth-order valence-electron chi connectivity index (χ4n) is 4.10. The molecule has 0 radical (unpaired) electrons. The second-order valence-corrected chi connectivity index (χ2v) is 8.76. The van der Waals surface area contributed by atoms with Gasteiger partial charge in [0.05, 0.1) is 5.56 Å². The van der Waals surface area contributed by atoms with E-state index in [0.29, 0.717) is 23.9 Å². The van der Waals surface area contributed by atoms with E-state index < -0.39 is 6.10 Å². The molecule has 1 fully saturated rings. The predicted molar refractivity (Wildman–Crippen MR) is 126 cm³/mol. The number of nitriles is 1. The Kier molecular flexibility index (Phi) is 8.66. The van der Waals surface area contributed by atoms with Crippen LogP contribution in [0.1, 0.15) is 37.4 Å². The summed E-state index contributed by atoms with van der Waals surface area (Å²) >= 11 is 0. The number of amides is 1. The third-order valence-corrected chi connectivity index (χ3v) is 5.93. The molecule has 0 bridgehead atoms. The van der Waals surface area contributed by atoms with Crippen molar-refractivity contribution in [3.63, 3.8) is 0 Å². The van der Waals surface area contributed by atoms with Crippen LogP contribution in [0.5, 0.6) is 5.75 Å². The maximum Gasteiger partial charge on any atom is 0.261 e. The van der Waals surface area contributed by atoms with E-state index in [2.05, 4.69) is 58.6 Å². The van der Waals surface area contributed by atoms with Crippen LogP contribution in [-0.2, 0) is 4.79 Å². The zero-order valence-electron chi connectivity index (χ0n) is 19.3. The van der Waals surface area contributed by atoms with Gasteiger partial charge >= 0.3 is 0 Å². The van der Waals surface area contributed by atoms with Gasteiger partial charge in [-0.1, -0.05) is 56.3 Å². The van der Waals surface area contributed by atoms with Crippen LogP contribution < -0.4 is 10.1 Å². The number of ether oxygens (including phenoxy) is 1. The van der Waals surface area contributed by atoms with E-state index >= 15 is 0 Å². The molecule has 2 unspecified atom stereocenters. The standard InChI is InChI=1S/C26H34N4O2/c1-20(2)25(32-24-13-8-7-12-22(24)18-27)26(31)28-14-9-15-30-17-16-29(3)19-23(30)21-10-5-4-6-11-21/h4-8,10-13,20,23,25H,9,14-17,19H2,1-3H3,(H,28,31). The second-order valence-electron chi connectivity index (χ2n) is 8.76. The van der Waals surface area contributed by atoms with E-state index in [1.807, 2.05) is 19.9 Å². The average Bonchev–Trinajstić information content (AvgIpc) is 2.81. The lowest BCUT2D eigenvalue weighted by Crippen LogP contribution is -2.47. The Labute approximate surface area is 191 Å². The maximum absolute atomic E-state index is 12.8. The monoisotopic (exact) mass is 434 g/mol. The van der Waals surface area contributed by atoms with Crippen LogP contribution in [0.4, 0.5) is 0 Å². The molecule has 0 aliphatic carbocycles. The van der Waals surface area contributed by atoms with Crippen molar-refractivity contribution >= 4 is 5.91 Å². The first-order valence-electron chi connectivity index (χ1n) is 11.4. The summed E-state index contributed by atoms with van der Waals surface area (Å²) < 4.78 is 5.94. The third-order valence-electron chi connectivity index (χ3n) is 5.93. The lowest BCUT2D eigenvalue weighted by Gasteiger charge is -2.40. The Morgan fingerprint density at radius 3 is 2.59 bits per heavy atom. The SMILES string of the molecule is CC(C)C(Oc1ccccc1C#N)C(=O)NCCCN1CCN(C)CC1c1ccccc1. The minimum Gasteiger partial charge on any atom is -0.479 e. The van der Waals surface area contributed by atoms with E-state index in [1.54, 1.807) is 18.2 Å². The van der Waals surface area contributed by atoms with Crippen molar-refractivity contribution in [1.82, 2.24) is 15.1 Å². The number of benzene rings is 2. The fraction of sp³-hybridized carbons (Fsp3) is 0.462. The van der Waals surface area contributed by atoms with Crippen LogP contribution in [0.25, 0.3) is 0 Å². The summed E-state index contributed by atoms with van der Waals surface area (Å²) in [7, 11) is 2.17. The second kappa shape index (κ2) is 11.7. The van der Waals surface area contributed by atoms with Crippen LogP contribution in [-0.4, -0.2) is 61.6 Å². The molecular formula is C26H34N4O2. The maximum atomic E-state index is 12.8. The highest BCUT2D eigenvalue weighted by molar-refractivity contribution is 5.81. The molecule has 2 aromatic rings. The summed E-state index contributed by atoms with van der Waals surface area (Å²) in [5.74, 6) is 0.305. The van der Waals surface area contributed by atoms with Gasteiger partial charge in [0.25, 0.3) is 5.91 Å². The molecule has 1 aliphatic heterocycles. The number of carbonyl (C=O) groups excluding carboxylic acids is 1. The van der Waals surface area contributed by atoms with Crippen molar-refractivity contribution in [1.29, 1.82) is 5.26 Å². The Morgan fingerprint density at radius 1 is 1.16 bits per heavy atom. The smallest absolute Gasteiger partial charge is 0.261 e. The molecule has 1 heterocycles. The van der Waals surface area contributed by atoms with Crippen LogP contribution in [0, 0.1) is 17.2 Å². The van der Waals surface area contributed by atoms with Gasteiger partial charge in [-0.05, 0) is 37.1 Å². The van der Waals surface area contributed by atoms with E-state index in [-0.39, 0.29) is 11.8 Å². The van der Waals surface area contributed by atoms with Crippen molar-refractivity contribution in [3.05, 3.63) is 65.7 Å². The van der Waals surface area contributed by atoms with E-state index in [9.17, 15) is 10.1 Å². The summed E-state index contributed by atoms with van der Waals surface area (Å²) in [4.78, 5) is 17.7. The Bertz CT molecular complexity index is 910. The van der Waals surface area contributed by atoms with Gasteiger partial charge in [-0.3, -0.25) is 9.69 Å². The van der Waals surface area contributed by atoms with Crippen molar-refractivity contribution < 1.29 is 9.53 Å². The molecule has 3 rings (SSSR count). The molecule has 0 spiro atoms. The van der Waals surface area contributed by atoms with Gasteiger partial charge < -0.3 is 15.0 Å². The van der Waals surface area contributed by atoms with Crippen LogP contribution in [0.2, 0.25) is 0 Å². The predicted octanol–water partition coefficient (Wildman–Crippen LogP) is 3.46. The zero-order valence-corrected chi connectivity index (χ0v) is 19.3. The normalized spacial score (nSPS) is 18.2. The van der Waals surface area contributed by atoms with E-state index in [1.165, 1.54) is 5.56 Å². The van der Waals surface area contributed by atoms with Gasteiger partial charge in [0.15, 0.2) is 6.10 Å². The molecule has 1 saturated heterocycles. The molecular weight excluding hydrogens is 400 g/mol. The van der Waals surface area contributed by atoms with Gasteiger partial charge in [0, 0.05) is 38.8 Å². The lowest BCUT2D eigenvalue weighted by atomic mass is 10.0.